The molecule has 0 bridgehead atoms. The van der Waals surface area contributed by atoms with E-state index in [0.717, 1.165) is 0 Å². The molecular weight excluding hydrogens is 272 g/mol. The standard InChI is InChI=1S/C11H9ClN4O3/c12-5-1-2-9(17)8(3-5)16-10(13-14-15-16)6-4-7(6)11(18)19/h1-3,6-7,17H,4H2,(H,18,19). The fraction of sp³-hybridized carbons (Fsp3) is 0.273. The Bertz CT molecular complexity index is 657. The first-order chi connectivity index (χ1) is 9.08. The lowest BCUT2D eigenvalue weighted by Gasteiger charge is -2.06. The van der Waals surface area contributed by atoms with Crippen LogP contribution < -0.4 is 0 Å². The van der Waals surface area contributed by atoms with E-state index in [1.165, 1.54) is 16.8 Å². The molecule has 1 aromatic heterocycles. The number of carbonyl (C=O) groups is 1. The van der Waals surface area contributed by atoms with Gasteiger partial charge in [0.1, 0.15) is 11.4 Å². The fourth-order valence-electron chi connectivity index (χ4n) is 2.02. The average Bonchev–Trinajstić information content (AvgIpc) is 3.03. The van der Waals surface area contributed by atoms with Crippen LogP contribution in [-0.4, -0.2) is 36.4 Å². The van der Waals surface area contributed by atoms with Crippen molar-refractivity contribution in [2.24, 2.45) is 5.92 Å². The monoisotopic (exact) mass is 280 g/mol. The lowest BCUT2D eigenvalue weighted by molar-refractivity contribution is -0.138. The second-order valence-corrected chi connectivity index (χ2v) is 4.81. The van der Waals surface area contributed by atoms with Gasteiger partial charge in [0.25, 0.3) is 0 Å². The zero-order valence-corrected chi connectivity index (χ0v) is 10.3. The number of phenols is 1. The van der Waals surface area contributed by atoms with Gasteiger partial charge in [0.05, 0.1) is 5.92 Å². The molecule has 2 unspecified atom stereocenters. The maximum atomic E-state index is 10.9. The molecule has 1 aromatic carbocycles. The molecule has 1 aliphatic rings. The third-order valence-electron chi connectivity index (χ3n) is 3.10. The highest BCUT2D eigenvalue weighted by Crippen LogP contribution is 2.47. The number of benzene rings is 1. The van der Waals surface area contributed by atoms with Crippen LogP contribution in [0.15, 0.2) is 18.2 Å². The van der Waals surface area contributed by atoms with Gasteiger partial charge in [-0.15, -0.1) is 5.10 Å². The van der Waals surface area contributed by atoms with Gasteiger partial charge >= 0.3 is 5.97 Å². The van der Waals surface area contributed by atoms with Crippen LogP contribution in [0, 0.1) is 5.92 Å². The molecule has 1 fully saturated rings. The van der Waals surface area contributed by atoms with Crippen LogP contribution in [0.25, 0.3) is 5.69 Å². The first-order valence-corrected chi connectivity index (χ1v) is 5.95. The van der Waals surface area contributed by atoms with E-state index in [4.69, 9.17) is 16.7 Å². The summed E-state index contributed by atoms with van der Waals surface area (Å²) in [5.41, 5.74) is 0.337. The summed E-state index contributed by atoms with van der Waals surface area (Å²) in [5.74, 6) is -1.16. The van der Waals surface area contributed by atoms with Crippen LogP contribution in [0.3, 0.4) is 0 Å². The van der Waals surface area contributed by atoms with Gasteiger partial charge in [-0.3, -0.25) is 4.79 Å². The molecule has 0 aliphatic heterocycles. The molecule has 1 saturated carbocycles. The number of phenolic OH excluding ortho intramolecular Hbond substituents is 1. The van der Waals surface area contributed by atoms with Gasteiger partial charge in [-0.05, 0) is 35.0 Å². The van der Waals surface area contributed by atoms with Gasteiger partial charge in [0.2, 0.25) is 0 Å². The van der Waals surface area contributed by atoms with Crippen LogP contribution in [0.4, 0.5) is 0 Å². The Morgan fingerprint density at radius 1 is 1.47 bits per heavy atom. The summed E-state index contributed by atoms with van der Waals surface area (Å²) < 4.78 is 1.33. The number of halogens is 1. The highest BCUT2D eigenvalue weighted by molar-refractivity contribution is 6.30. The lowest BCUT2D eigenvalue weighted by Crippen LogP contribution is -2.06. The predicted octanol–water partition coefficient (Wildman–Crippen LogP) is 1.21. The number of rotatable bonds is 3. The van der Waals surface area contributed by atoms with Crippen molar-refractivity contribution in [3.63, 3.8) is 0 Å². The molecule has 2 atom stereocenters. The Balaban J connectivity index is 2.01. The van der Waals surface area contributed by atoms with Crippen molar-refractivity contribution in [3.05, 3.63) is 29.0 Å². The molecule has 2 aromatic rings. The number of aromatic hydroxyl groups is 1. The molecule has 1 aliphatic carbocycles. The Hall–Kier alpha value is -2.15. The molecule has 0 amide bonds. The van der Waals surface area contributed by atoms with Crippen LogP contribution in [0.5, 0.6) is 5.75 Å². The number of hydrogen-bond donors (Lipinski definition) is 2. The zero-order valence-electron chi connectivity index (χ0n) is 9.56. The maximum Gasteiger partial charge on any atom is 0.307 e. The number of carboxylic acid groups (broad SMARTS) is 1. The Morgan fingerprint density at radius 3 is 2.95 bits per heavy atom. The summed E-state index contributed by atoms with van der Waals surface area (Å²) in [7, 11) is 0. The van der Waals surface area contributed by atoms with Crippen molar-refractivity contribution in [3.8, 4) is 11.4 Å². The minimum absolute atomic E-state index is 0.0227. The molecule has 8 heteroatoms. The fourth-order valence-corrected chi connectivity index (χ4v) is 2.18. The number of carboxylic acids is 1. The third kappa shape index (κ3) is 2.01. The maximum absolute atomic E-state index is 10.9. The van der Waals surface area contributed by atoms with E-state index >= 15 is 0 Å². The molecule has 98 valence electrons. The topological polar surface area (TPSA) is 101 Å². The van der Waals surface area contributed by atoms with Gasteiger partial charge in [-0.1, -0.05) is 11.6 Å². The van der Waals surface area contributed by atoms with Crippen molar-refractivity contribution in [2.45, 2.75) is 12.3 Å². The lowest BCUT2D eigenvalue weighted by atomic mass is 10.2. The van der Waals surface area contributed by atoms with Crippen molar-refractivity contribution in [1.29, 1.82) is 0 Å². The van der Waals surface area contributed by atoms with Gasteiger partial charge in [0, 0.05) is 10.9 Å². The Morgan fingerprint density at radius 2 is 2.26 bits per heavy atom. The molecule has 2 N–H and O–H groups in total. The average molecular weight is 281 g/mol. The second-order valence-electron chi connectivity index (χ2n) is 4.37. The van der Waals surface area contributed by atoms with E-state index in [0.29, 0.717) is 23.0 Å². The first-order valence-electron chi connectivity index (χ1n) is 5.58. The minimum atomic E-state index is -0.866. The molecule has 1 heterocycles. The largest absolute Gasteiger partial charge is 0.506 e. The Kier molecular flexibility index (Phi) is 2.63. The quantitative estimate of drug-likeness (QED) is 0.876. The number of tetrazole rings is 1. The van der Waals surface area contributed by atoms with E-state index in [9.17, 15) is 9.90 Å². The Labute approximate surface area is 112 Å². The van der Waals surface area contributed by atoms with Crippen molar-refractivity contribution >= 4 is 17.6 Å². The highest BCUT2D eigenvalue weighted by Gasteiger charge is 2.47. The normalized spacial score (nSPS) is 21.3. The molecular formula is C11H9ClN4O3. The zero-order chi connectivity index (χ0) is 13.6. The summed E-state index contributed by atoms with van der Waals surface area (Å²) in [6.07, 6.45) is 0.497. The summed E-state index contributed by atoms with van der Waals surface area (Å²) in [6, 6.07) is 4.50. The van der Waals surface area contributed by atoms with Gasteiger partial charge < -0.3 is 10.2 Å². The first kappa shape index (κ1) is 11.9. The molecule has 0 spiro atoms. The van der Waals surface area contributed by atoms with E-state index in [1.54, 1.807) is 6.07 Å². The SMILES string of the molecule is O=C(O)C1CC1c1nnnn1-c1cc(Cl)ccc1O. The third-order valence-corrected chi connectivity index (χ3v) is 3.33. The van der Waals surface area contributed by atoms with Crippen molar-refractivity contribution in [1.82, 2.24) is 20.2 Å². The van der Waals surface area contributed by atoms with Crippen molar-refractivity contribution < 1.29 is 15.0 Å². The number of nitrogens with zero attached hydrogens (tertiary/aromatic N) is 4. The molecule has 7 nitrogen and oxygen atoms in total. The number of hydrogen-bond acceptors (Lipinski definition) is 5. The predicted molar refractivity (Wildman–Crippen MR) is 64.3 cm³/mol. The van der Waals surface area contributed by atoms with E-state index < -0.39 is 11.9 Å². The summed E-state index contributed by atoms with van der Waals surface area (Å²) >= 11 is 5.87. The number of aromatic nitrogens is 4. The van der Waals surface area contributed by atoms with E-state index in [-0.39, 0.29) is 11.7 Å². The van der Waals surface area contributed by atoms with Crippen LogP contribution in [0.2, 0.25) is 5.02 Å². The molecule has 0 saturated heterocycles. The smallest absolute Gasteiger partial charge is 0.307 e. The van der Waals surface area contributed by atoms with Crippen LogP contribution in [0.1, 0.15) is 18.2 Å². The van der Waals surface area contributed by atoms with Crippen LogP contribution in [-0.2, 0) is 4.79 Å². The van der Waals surface area contributed by atoms with Gasteiger partial charge in [-0.25, -0.2) is 0 Å². The molecule has 0 radical (unpaired) electrons. The molecule has 3 rings (SSSR count). The summed E-state index contributed by atoms with van der Waals surface area (Å²) in [5, 5.41) is 30.4. The van der Waals surface area contributed by atoms with Gasteiger partial charge in [-0.2, -0.15) is 4.68 Å². The molecule has 19 heavy (non-hydrogen) atoms. The van der Waals surface area contributed by atoms with E-state index in [1.807, 2.05) is 0 Å². The second kappa shape index (κ2) is 4.20. The van der Waals surface area contributed by atoms with Crippen LogP contribution >= 0.6 is 11.6 Å². The van der Waals surface area contributed by atoms with E-state index in [2.05, 4.69) is 15.5 Å². The van der Waals surface area contributed by atoms with Crippen molar-refractivity contribution in [2.75, 3.05) is 0 Å². The van der Waals surface area contributed by atoms with Gasteiger partial charge in [0.15, 0.2) is 5.82 Å². The number of aliphatic carboxylic acids is 1. The summed E-state index contributed by atoms with van der Waals surface area (Å²) in [4.78, 5) is 10.9. The highest BCUT2D eigenvalue weighted by atomic mass is 35.5. The minimum Gasteiger partial charge on any atom is -0.506 e. The summed E-state index contributed by atoms with van der Waals surface area (Å²) in [6.45, 7) is 0.